The maximum atomic E-state index is 12.8. The van der Waals surface area contributed by atoms with Crippen molar-refractivity contribution in [1.29, 1.82) is 0 Å². The van der Waals surface area contributed by atoms with Crippen LogP contribution in [0.1, 0.15) is 28.8 Å². The molecule has 158 valence electrons. The molecule has 7 heteroatoms. The first-order valence-corrected chi connectivity index (χ1v) is 10.5. The molecule has 0 aliphatic carbocycles. The van der Waals surface area contributed by atoms with E-state index in [1.165, 1.54) is 12.8 Å². The lowest BCUT2D eigenvalue weighted by molar-refractivity contribution is 0.0949. The van der Waals surface area contributed by atoms with Gasteiger partial charge in [-0.05, 0) is 74.3 Å². The maximum absolute atomic E-state index is 12.8. The van der Waals surface area contributed by atoms with Crippen molar-refractivity contribution in [3.63, 3.8) is 0 Å². The Bertz CT molecular complexity index is 907. The lowest BCUT2D eigenvalue weighted by Crippen LogP contribution is -2.34. The average molecular weight is 409 g/mol. The van der Waals surface area contributed by atoms with Crippen LogP contribution in [-0.4, -0.2) is 56.7 Å². The van der Waals surface area contributed by atoms with Gasteiger partial charge in [0, 0.05) is 36.6 Å². The van der Waals surface area contributed by atoms with E-state index in [0.717, 1.165) is 36.6 Å². The van der Waals surface area contributed by atoms with E-state index < -0.39 is 0 Å². The van der Waals surface area contributed by atoms with Crippen LogP contribution in [0.5, 0.6) is 5.75 Å². The first-order chi connectivity index (χ1) is 14.7. The summed E-state index contributed by atoms with van der Waals surface area (Å²) in [5.41, 5.74) is 3.09. The molecule has 0 aromatic heterocycles. The van der Waals surface area contributed by atoms with Gasteiger partial charge in [-0.3, -0.25) is 9.69 Å². The molecule has 2 heterocycles. The number of fused-ring (bicyclic) bond motifs is 1. The van der Waals surface area contributed by atoms with Crippen LogP contribution in [0.25, 0.3) is 0 Å². The maximum Gasteiger partial charge on any atom is 0.326 e. The number of carbonyl (C=O) groups excluding carboxylic acids is 2. The highest BCUT2D eigenvalue weighted by Gasteiger charge is 2.28. The SMILES string of the molecule is COc1ccc(NC(=O)N2CCc3c(C(=O)NCCN4CCCC4)cccc32)cc1. The monoisotopic (exact) mass is 408 g/mol. The molecule has 2 aromatic rings. The molecule has 4 rings (SSSR count). The summed E-state index contributed by atoms with van der Waals surface area (Å²) in [7, 11) is 1.61. The van der Waals surface area contributed by atoms with Gasteiger partial charge in [-0.15, -0.1) is 0 Å². The molecule has 0 radical (unpaired) electrons. The lowest BCUT2D eigenvalue weighted by atomic mass is 10.0. The minimum Gasteiger partial charge on any atom is -0.497 e. The largest absolute Gasteiger partial charge is 0.497 e. The Balaban J connectivity index is 1.40. The highest BCUT2D eigenvalue weighted by Crippen LogP contribution is 2.31. The number of carbonyl (C=O) groups is 2. The number of amides is 3. The van der Waals surface area contributed by atoms with Gasteiger partial charge >= 0.3 is 6.03 Å². The van der Waals surface area contributed by atoms with Crippen molar-refractivity contribution in [3.05, 3.63) is 53.6 Å². The normalized spacial score (nSPS) is 15.7. The van der Waals surface area contributed by atoms with E-state index in [1.807, 2.05) is 18.2 Å². The molecule has 0 unspecified atom stereocenters. The summed E-state index contributed by atoms with van der Waals surface area (Å²) in [4.78, 5) is 29.6. The van der Waals surface area contributed by atoms with E-state index >= 15 is 0 Å². The third kappa shape index (κ3) is 4.41. The molecule has 2 N–H and O–H groups in total. The van der Waals surface area contributed by atoms with Gasteiger partial charge < -0.3 is 20.3 Å². The summed E-state index contributed by atoms with van der Waals surface area (Å²) in [6.07, 6.45) is 3.16. The van der Waals surface area contributed by atoms with Crippen LogP contribution in [-0.2, 0) is 6.42 Å². The molecule has 2 aromatic carbocycles. The van der Waals surface area contributed by atoms with Crippen molar-refractivity contribution < 1.29 is 14.3 Å². The lowest BCUT2D eigenvalue weighted by Gasteiger charge is -2.19. The van der Waals surface area contributed by atoms with Crippen LogP contribution in [0.4, 0.5) is 16.2 Å². The summed E-state index contributed by atoms with van der Waals surface area (Å²) >= 11 is 0. The number of nitrogens with zero attached hydrogens (tertiary/aromatic N) is 2. The van der Waals surface area contributed by atoms with Gasteiger partial charge in [-0.25, -0.2) is 4.79 Å². The molecule has 0 bridgehead atoms. The smallest absolute Gasteiger partial charge is 0.326 e. The number of benzene rings is 2. The number of likely N-dealkylation sites (tertiary alicyclic amines) is 1. The number of hydrogen-bond donors (Lipinski definition) is 2. The average Bonchev–Trinajstić information content (AvgIpc) is 3.44. The summed E-state index contributed by atoms with van der Waals surface area (Å²) in [6, 6.07) is 12.6. The van der Waals surface area contributed by atoms with E-state index in [0.29, 0.717) is 30.8 Å². The van der Waals surface area contributed by atoms with Gasteiger partial charge in [-0.2, -0.15) is 0 Å². The van der Waals surface area contributed by atoms with E-state index in [-0.39, 0.29) is 11.9 Å². The van der Waals surface area contributed by atoms with Crippen molar-refractivity contribution in [2.24, 2.45) is 0 Å². The Labute approximate surface area is 177 Å². The number of methoxy groups -OCH3 is 1. The zero-order valence-corrected chi connectivity index (χ0v) is 17.3. The van der Waals surface area contributed by atoms with Gasteiger partial charge in [-0.1, -0.05) is 6.07 Å². The second kappa shape index (κ2) is 9.17. The topological polar surface area (TPSA) is 73.9 Å². The zero-order chi connectivity index (χ0) is 20.9. The summed E-state index contributed by atoms with van der Waals surface area (Å²) in [5, 5.41) is 5.95. The Hall–Kier alpha value is -3.06. The van der Waals surface area contributed by atoms with Gasteiger partial charge in [0.15, 0.2) is 0 Å². The second-order valence-electron chi connectivity index (χ2n) is 7.67. The molecule has 1 saturated heterocycles. The van der Waals surface area contributed by atoms with Gasteiger partial charge in [0.25, 0.3) is 5.91 Å². The van der Waals surface area contributed by atoms with Crippen LogP contribution in [0.2, 0.25) is 0 Å². The number of anilines is 2. The summed E-state index contributed by atoms with van der Waals surface area (Å²) in [6.45, 7) is 4.32. The molecular weight excluding hydrogens is 380 g/mol. The van der Waals surface area contributed by atoms with Crippen LogP contribution in [0, 0.1) is 0 Å². The highest BCUT2D eigenvalue weighted by molar-refractivity contribution is 6.05. The Kier molecular flexibility index (Phi) is 6.18. The fourth-order valence-electron chi connectivity index (χ4n) is 4.15. The minimum atomic E-state index is -0.203. The number of urea groups is 1. The molecule has 1 fully saturated rings. The Morgan fingerprint density at radius 3 is 2.53 bits per heavy atom. The van der Waals surface area contributed by atoms with Crippen molar-refractivity contribution in [1.82, 2.24) is 10.2 Å². The van der Waals surface area contributed by atoms with Gasteiger partial charge in [0.05, 0.1) is 7.11 Å². The number of ether oxygens (including phenoxy) is 1. The molecule has 3 amide bonds. The van der Waals surface area contributed by atoms with Gasteiger partial charge in [0.1, 0.15) is 5.75 Å². The fourth-order valence-corrected chi connectivity index (χ4v) is 4.15. The third-order valence-corrected chi connectivity index (χ3v) is 5.77. The van der Waals surface area contributed by atoms with Crippen molar-refractivity contribution in [2.45, 2.75) is 19.3 Å². The van der Waals surface area contributed by atoms with Crippen LogP contribution < -0.4 is 20.3 Å². The van der Waals surface area contributed by atoms with Crippen molar-refractivity contribution in [2.75, 3.05) is 50.1 Å². The van der Waals surface area contributed by atoms with E-state index in [1.54, 1.807) is 36.3 Å². The number of hydrogen-bond acceptors (Lipinski definition) is 4. The molecule has 2 aliphatic heterocycles. The zero-order valence-electron chi connectivity index (χ0n) is 17.3. The number of rotatable bonds is 6. The highest BCUT2D eigenvalue weighted by atomic mass is 16.5. The molecule has 0 spiro atoms. The summed E-state index contributed by atoms with van der Waals surface area (Å²) < 4.78 is 5.15. The Morgan fingerprint density at radius 2 is 1.80 bits per heavy atom. The minimum absolute atomic E-state index is 0.0662. The first-order valence-electron chi connectivity index (χ1n) is 10.5. The molecule has 2 aliphatic rings. The van der Waals surface area contributed by atoms with E-state index in [4.69, 9.17) is 4.74 Å². The van der Waals surface area contributed by atoms with E-state index in [2.05, 4.69) is 15.5 Å². The van der Waals surface area contributed by atoms with Crippen LogP contribution in [0.15, 0.2) is 42.5 Å². The second-order valence-corrected chi connectivity index (χ2v) is 7.67. The quantitative estimate of drug-likeness (QED) is 0.770. The first kappa shape index (κ1) is 20.2. The van der Waals surface area contributed by atoms with Crippen molar-refractivity contribution >= 4 is 23.3 Å². The number of nitrogens with one attached hydrogen (secondary N) is 2. The molecular formula is C23H28N4O3. The molecule has 0 atom stereocenters. The molecule has 7 nitrogen and oxygen atoms in total. The molecule has 30 heavy (non-hydrogen) atoms. The van der Waals surface area contributed by atoms with Crippen molar-refractivity contribution in [3.8, 4) is 5.75 Å². The van der Waals surface area contributed by atoms with E-state index in [9.17, 15) is 9.59 Å². The predicted molar refractivity (Wildman–Crippen MR) is 118 cm³/mol. The summed E-state index contributed by atoms with van der Waals surface area (Å²) in [5.74, 6) is 0.670. The Morgan fingerprint density at radius 1 is 1.03 bits per heavy atom. The fraction of sp³-hybridized carbons (Fsp3) is 0.391. The standard InChI is InChI=1S/C23H28N4O3/c1-30-18-9-7-17(8-10-18)25-23(29)27-15-11-19-20(5-4-6-21(19)27)22(28)24-12-16-26-13-2-3-14-26/h4-10H,2-3,11-16H2,1H3,(H,24,28)(H,25,29). The van der Waals surface area contributed by atoms with Crippen LogP contribution >= 0.6 is 0 Å². The third-order valence-electron chi connectivity index (χ3n) is 5.77. The predicted octanol–water partition coefficient (Wildman–Crippen LogP) is 3.12. The van der Waals surface area contributed by atoms with Gasteiger partial charge in [0.2, 0.25) is 0 Å². The van der Waals surface area contributed by atoms with Crippen LogP contribution in [0.3, 0.4) is 0 Å². The molecule has 0 saturated carbocycles.